The smallest absolute Gasteiger partial charge is 0.131 e. The average molecular weight is 305 g/mol. The zero-order valence-electron chi connectivity index (χ0n) is 9.93. The van der Waals surface area contributed by atoms with Gasteiger partial charge in [-0.3, -0.25) is 0 Å². The Hall–Kier alpha value is -1.81. The van der Waals surface area contributed by atoms with E-state index in [0.717, 1.165) is 21.5 Å². The van der Waals surface area contributed by atoms with Crippen molar-refractivity contribution in [2.75, 3.05) is 7.11 Å². The molecule has 2 rings (SSSR count). The first-order valence-electron chi connectivity index (χ1n) is 5.44. The predicted molar refractivity (Wildman–Crippen MR) is 77.5 cm³/mol. The van der Waals surface area contributed by atoms with Gasteiger partial charge in [-0.15, -0.1) is 0 Å². The van der Waals surface area contributed by atoms with E-state index in [-0.39, 0.29) is 0 Å². The van der Waals surface area contributed by atoms with Gasteiger partial charge in [0.05, 0.1) is 12.8 Å². The van der Waals surface area contributed by atoms with E-state index in [2.05, 4.69) is 20.9 Å². The molecule has 0 aliphatic carbocycles. The fourth-order valence-corrected chi connectivity index (χ4v) is 1.95. The number of nitrogens with zero attached hydrogens (tertiary/aromatic N) is 1. The van der Waals surface area contributed by atoms with Crippen LogP contribution in [0.15, 0.2) is 58.0 Å². The van der Waals surface area contributed by atoms with Crippen LogP contribution in [0.25, 0.3) is 0 Å². The molecule has 2 N–H and O–H groups in total. The summed E-state index contributed by atoms with van der Waals surface area (Å²) in [6.45, 7) is 0. The first-order chi connectivity index (χ1) is 8.70. The third-order valence-corrected chi connectivity index (χ3v) is 3.10. The number of halogens is 1. The molecule has 0 heterocycles. The van der Waals surface area contributed by atoms with E-state index >= 15 is 0 Å². The van der Waals surface area contributed by atoms with Gasteiger partial charge < -0.3 is 10.5 Å². The van der Waals surface area contributed by atoms with E-state index in [9.17, 15) is 0 Å². The van der Waals surface area contributed by atoms with E-state index in [1.165, 1.54) is 0 Å². The van der Waals surface area contributed by atoms with E-state index in [1.54, 1.807) is 7.11 Å². The van der Waals surface area contributed by atoms with E-state index in [4.69, 9.17) is 10.5 Å². The summed E-state index contributed by atoms with van der Waals surface area (Å²) in [7, 11) is 1.63. The van der Waals surface area contributed by atoms with Gasteiger partial charge in [-0.1, -0.05) is 30.3 Å². The number of rotatable bonds is 3. The van der Waals surface area contributed by atoms with Gasteiger partial charge in [0.2, 0.25) is 0 Å². The highest BCUT2D eigenvalue weighted by Crippen LogP contribution is 2.29. The number of methoxy groups -OCH3 is 1. The average Bonchev–Trinajstić information content (AvgIpc) is 2.42. The molecule has 0 unspecified atom stereocenters. The number of hydrogen-bond acceptors (Lipinski definition) is 2. The molecule has 92 valence electrons. The summed E-state index contributed by atoms with van der Waals surface area (Å²) in [6, 6.07) is 15.2. The van der Waals surface area contributed by atoms with E-state index in [0.29, 0.717) is 5.84 Å². The van der Waals surface area contributed by atoms with Crippen LogP contribution >= 0.6 is 15.9 Å². The normalized spacial score (nSPS) is 11.3. The second-order valence-electron chi connectivity index (χ2n) is 3.68. The lowest BCUT2D eigenvalue weighted by atomic mass is 10.2. The minimum absolute atomic E-state index is 0.487. The van der Waals surface area contributed by atoms with Crippen molar-refractivity contribution in [1.29, 1.82) is 0 Å². The van der Waals surface area contributed by atoms with Gasteiger partial charge >= 0.3 is 0 Å². The van der Waals surface area contributed by atoms with Crippen molar-refractivity contribution in [2.45, 2.75) is 0 Å². The minimum Gasteiger partial charge on any atom is -0.497 e. The zero-order chi connectivity index (χ0) is 13.0. The Kier molecular flexibility index (Phi) is 3.99. The van der Waals surface area contributed by atoms with Crippen LogP contribution in [0.1, 0.15) is 5.56 Å². The minimum atomic E-state index is 0.487. The van der Waals surface area contributed by atoms with Crippen molar-refractivity contribution < 1.29 is 4.74 Å². The van der Waals surface area contributed by atoms with Crippen LogP contribution in [0.5, 0.6) is 5.75 Å². The predicted octanol–water partition coefficient (Wildman–Crippen LogP) is 3.49. The number of aliphatic imine (C=N–C) groups is 1. The SMILES string of the molecule is COc1ccc(N=C(N)c2ccccc2)c(Br)c1. The van der Waals surface area contributed by atoms with Crippen molar-refractivity contribution in [3.63, 3.8) is 0 Å². The zero-order valence-corrected chi connectivity index (χ0v) is 11.5. The molecule has 2 aromatic rings. The molecular formula is C14H13BrN2O. The molecule has 0 aliphatic rings. The molecule has 0 aliphatic heterocycles. The van der Waals surface area contributed by atoms with Gasteiger partial charge in [0, 0.05) is 10.0 Å². The molecule has 2 aromatic carbocycles. The number of ether oxygens (including phenoxy) is 1. The summed E-state index contributed by atoms with van der Waals surface area (Å²) in [5.74, 6) is 1.26. The van der Waals surface area contributed by atoms with Gasteiger partial charge in [-0.2, -0.15) is 0 Å². The van der Waals surface area contributed by atoms with Crippen LogP contribution in [0.3, 0.4) is 0 Å². The van der Waals surface area contributed by atoms with Crippen molar-refractivity contribution in [2.24, 2.45) is 10.7 Å². The Bertz CT molecular complexity index is 567. The van der Waals surface area contributed by atoms with Crippen LogP contribution in [0.4, 0.5) is 5.69 Å². The fraction of sp³-hybridized carbons (Fsp3) is 0.0714. The van der Waals surface area contributed by atoms with Crippen molar-refractivity contribution in [1.82, 2.24) is 0 Å². The Morgan fingerprint density at radius 2 is 1.89 bits per heavy atom. The van der Waals surface area contributed by atoms with Crippen LogP contribution in [0.2, 0.25) is 0 Å². The van der Waals surface area contributed by atoms with Gasteiger partial charge in [-0.05, 0) is 34.1 Å². The summed E-state index contributed by atoms with van der Waals surface area (Å²) in [4.78, 5) is 4.40. The monoisotopic (exact) mass is 304 g/mol. The summed E-state index contributed by atoms with van der Waals surface area (Å²) in [6.07, 6.45) is 0. The quantitative estimate of drug-likeness (QED) is 0.697. The molecule has 0 atom stereocenters. The number of benzene rings is 2. The molecule has 0 spiro atoms. The maximum Gasteiger partial charge on any atom is 0.131 e. The number of hydrogen-bond donors (Lipinski definition) is 1. The third-order valence-electron chi connectivity index (χ3n) is 2.47. The van der Waals surface area contributed by atoms with Gasteiger partial charge in [0.1, 0.15) is 11.6 Å². The van der Waals surface area contributed by atoms with Crippen LogP contribution in [-0.4, -0.2) is 12.9 Å². The highest BCUT2D eigenvalue weighted by atomic mass is 79.9. The third kappa shape index (κ3) is 2.90. The number of amidine groups is 1. The van der Waals surface area contributed by atoms with Gasteiger partial charge in [0.25, 0.3) is 0 Å². The lowest BCUT2D eigenvalue weighted by molar-refractivity contribution is 0.414. The Morgan fingerprint density at radius 3 is 2.50 bits per heavy atom. The molecule has 0 saturated carbocycles. The number of nitrogens with two attached hydrogens (primary N) is 1. The molecule has 0 fully saturated rings. The molecule has 0 radical (unpaired) electrons. The first-order valence-corrected chi connectivity index (χ1v) is 6.23. The van der Waals surface area contributed by atoms with E-state index in [1.807, 2.05) is 48.5 Å². The molecule has 0 aromatic heterocycles. The molecule has 3 nitrogen and oxygen atoms in total. The topological polar surface area (TPSA) is 47.6 Å². The van der Waals surface area contributed by atoms with E-state index < -0.39 is 0 Å². The standard InChI is InChI=1S/C14H13BrN2O/c1-18-11-7-8-13(12(15)9-11)17-14(16)10-5-3-2-4-6-10/h2-9H,1H3,(H2,16,17). The second-order valence-corrected chi connectivity index (χ2v) is 4.53. The van der Waals surface area contributed by atoms with Crippen molar-refractivity contribution in [3.05, 3.63) is 58.6 Å². The highest BCUT2D eigenvalue weighted by Gasteiger charge is 2.03. The Balaban J connectivity index is 2.33. The lowest BCUT2D eigenvalue weighted by Crippen LogP contribution is -2.12. The Labute approximate surface area is 114 Å². The first kappa shape index (κ1) is 12.6. The Morgan fingerprint density at radius 1 is 1.17 bits per heavy atom. The summed E-state index contributed by atoms with van der Waals surface area (Å²) >= 11 is 3.45. The maximum absolute atomic E-state index is 5.96. The van der Waals surface area contributed by atoms with Gasteiger partial charge in [0.15, 0.2) is 0 Å². The van der Waals surface area contributed by atoms with Crippen LogP contribution in [0, 0.1) is 0 Å². The summed E-state index contributed by atoms with van der Waals surface area (Å²) in [5, 5.41) is 0. The molecule has 0 amide bonds. The van der Waals surface area contributed by atoms with Crippen LogP contribution in [-0.2, 0) is 0 Å². The molecule has 0 saturated heterocycles. The molecular weight excluding hydrogens is 292 g/mol. The van der Waals surface area contributed by atoms with Crippen LogP contribution < -0.4 is 10.5 Å². The molecule has 18 heavy (non-hydrogen) atoms. The van der Waals surface area contributed by atoms with Crippen molar-refractivity contribution >= 4 is 27.5 Å². The summed E-state index contributed by atoms with van der Waals surface area (Å²) < 4.78 is 5.98. The highest BCUT2D eigenvalue weighted by molar-refractivity contribution is 9.10. The molecule has 0 bridgehead atoms. The largest absolute Gasteiger partial charge is 0.497 e. The van der Waals surface area contributed by atoms with Gasteiger partial charge in [-0.25, -0.2) is 4.99 Å². The maximum atomic E-state index is 5.96. The molecule has 4 heteroatoms. The lowest BCUT2D eigenvalue weighted by Gasteiger charge is -2.05. The summed E-state index contributed by atoms with van der Waals surface area (Å²) in [5.41, 5.74) is 7.64. The van der Waals surface area contributed by atoms with Crippen molar-refractivity contribution in [3.8, 4) is 5.75 Å². The second kappa shape index (κ2) is 5.69. The fourth-order valence-electron chi connectivity index (χ4n) is 1.51.